The number of fused-ring (bicyclic) bond motifs is 2. The van der Waals surface area contributed by atoms with Crippen molar-refractivity contribution in [3.05, 3.63) is 54.6 Å². The van der Waals surface area contributed by atoms with Gasteiger partial charge in [-0.2, -0.15) is 5.26 Å². The van der Waals surface area contributed by atoms with Crippen LogP contribution in [0, 0.1) is 11.3 Å². The van der Waals surface area contributed by atoms with E-state index in [9.17, 15) is 0 Å². The number of nitrogens with zero attached hydrogens (tertiary/aromatic N) is 5. The molecule has 1 fully saturated rings. The number of nitrogen functional groups attached to an aromatic ring is 1. The van der Waals surface area contributed by atoms with Crippen molar-refractivity contribution in [2.75, 3.05) is 12.3 Å². The zero-order chi connectivity index (χ0) is 19.8. The highest BCUT2D eigenvalue weighted by atomic mass is 16.6. The minimum atomic E-state index is -0.105. The van der Waals surface area contributed by atoms with Gasteiger partial charge in [0.1, 0.15) is 48.1 Å². The quantitative estimate of drug-likeness (QED) is 0.573. The van der Waals surface area contributed by atoms with Crippen LogP contribution in [-0.4, -0.2) is 32.2 Å². The van der Waals surface area contributed by atoms with Crippen LogP contribution >= 0.6 is 0 Å². The summed E-state index contributed by atoms with van der Waals surface area (Å²) in [4.78, 5) is 12.7. The fourth-order valence-corrected chi connectivity index (χ4v) is 3.68. The lowest BCUT2D eigenvalue weighted by atomic mass is 10.2. The number of hydrogen-bond donors (Lipinski definition) is 1. The molecule has 4 heterocycles. The standard InChI is InChI=1S/C21H18N6O2/c22-10-14-3-1-13-2-4-15(9-18(13)26-14)28-11-16-5-6-19(29-16)27-8-7-17-20(23)24-12-25-21(17)27/h1-4,7-9,12,16,19H,5-6,11H2,(H2,23,24,25). The number of aromatic nitrogens is 4. The van der Waals surface area contributed by atoms with Gasteiger partial charge in [0.05, 0.1) is 17.0 Å². The fraction of sp³-hybridized carbons (Fsp3) is 0.238. The molecule has 8 nitrogen and oxygen atoms in total. The summed E-state index contributed by atoms with van der Waals surface area (Å²) in [5, 5.41) is 10.8. The maximum Gasteiger partial charge on any atom is 0.147 e. The first kappa shape index (κ1) is 17.4. The Balaban J connectivity index is 1.27. The van der Waals surface area contributed by atoms with Crippen LogP contribution in [0.3, 0.4) is 0 Å². The first-order chi connectivity index (χ1) is 14.2. The van der Waals surface area contributed by atoms with Crippen molar-refractivity contribution in [1.82, 2.24) is 19.5 Å². The van der Waals surface area contributed by atoms with Gasteiger partial charge in [0.2, 0.25) is 0 Å². The Kier molecular flexibility index (Phi) is 4.22. The van der Waals surface area contributed by atoms with Crippen LogP contribution in [0.5, 0.6) is 5.75 Å². The highest BCUT2D eigenvalue weighted by Crippen LogP contribution is 2.32. The van der Waals surface area contributed by atoms with Gasteiger partial charge in [0.25, 0.3) is 0 Å². The van der Waals surface area contributed by atoms with Crippen molar-refractivity contribution in [3.63, 3.8) is 0 Å². The number of hydrogen-bond acceptors (Lipinski definition) is 7. The lowest BCUT2D eigenvalue weighted by Gasteiger charge is -2.16. The van der Waals surface area contributed by atoms with E-state index in [-0.39, 0.29) is 12.3 Å². The molecule has 0 amide bonds. The van der Waals surface area contributed by atoms with Crippen molar-refractivity contribution in [2.45, 2.75) is 25.2 Å². The molecule has 1 aliphatic rings. The molecule has 4 aromatic rings. The Morgan fingerprint density at radius 3 is 3.00 bits per heavy atom. The Bertz CT molecular complexity index is 1250. The van der Waals surface area contributed by atoms with Gasteiger partial charge >= 0.3 is 0 Å². The predicted octanol–water partition coefficient (Wildman–Crippen LogP) is 3.19. The van der Waals surface area contributed by atoms with Crippen molar-refractivity contribution in [1.29, 1.82) is 5.26 Å². The van der Waals surface area contributed by atoms with Crippen molar-refractivity contribution < 1.29 is 9.47 Å². The summed E-state index contributed by atoms with van der Waals surface area (Å²) in [5.41, 5.74) is 7.82. The van der Waals surface area contributed by atoms with Gasteiger partial charge < -0.3 is 19.8 Å². The number of pyridine rings is 1. The number of ether oxygens (including phenoxy) is 2. The average molecular weight is 386 g/mol. The molecular weight excluding hydrogens is 368 g/mol. The highest BCUT2D eigenvalue weighted by molar-refractivity contribution is 5.86. The summed E-state index contributed by atoms with van der Waals surface area (Å²) in [6.45, 7) is 0.441. The molecule has 5 rings (SSSR count). The second-order valence-electron chi connectivity index (χ2n) is 6.98. The smallest absolute Gasteiger partial charge is 0.147 e. The van der Waals surface area contributed by atoms with E-state index in [1.54, 1.807) is 6.07 Å². The first-order valence-electron chi connectivity index (χ1n) is 9.37. The third-order valence-corrected chi connectivity index (χ3v) is 5.15. The normalized spacial score (nSPS) is 18.9. The van der Waals surface area contributed by atoms with Crippen LogP contribution in [0.1, 0.15) is 24.8 Å². The molecule has 144 valence electrons. The van der Waals surface area contributed by atoms with Crippen LogP contribution in [-0.2, 0) is 4.74 Å². The molecule has 0 spiro atoms. The minimum Gasteiger partial charge on any atom is -0.491 e. The molecule has 0 aliphatic carbocycles. The summed E-state index contributed by atoms with van der Waals surface area (Å²) in [6, 6.07) is 13.3. The van der Waals surface area contributed by atoms with Gasteiger partial charge in [-0.1, -0.05) is 0 Å². The summed E-state index contributed by atoms with van der Waals surface area (Å²) in [6.07, 6.45) is 5.03. The predicted molar refractivity (Wildman–Crippen MR) is 107 cm³/mol. The number of rotatable bonds is 4. The summed E-state index contributed by atoms with van der Waals surface area (Å²) >= 11 is 0. The van der Waals surface area contributed by atoms with Crippen molar-refractivity contribution >= 4 is 27.8 Å². The lowest BCUT2D eigenvalue weighted by Crippen LogP contribution is -2.18. The van der Waals surface area contributed by atoms with Gasteiger partial charge in [-0.15, -0.1) is 0 Å². The Morgan fingerprint density at radius 2 is 2.10 bits per heavy atom. The maximum absolute atomic E-state index is 9.02. The molecule has 2 atom stereocenters. The number of benzene rings is 1. The van der Waals surface area contributed by atoms with Gasteiger partial charge in [0, 0.05) is 17.6 Å². The molecule has 29 heavy (non-hydrogen) atoms. The van der Waals surface area contributed by atoms with Crippen LogP contribution in [0.4, 0.5) is 5.82 Å². The lowest BCUT2D eigenvalue weighted by molar-refractivity contribution is -0.0156. The Hall–Kier alpha value is -3.70. The Labute approximate surface area is 166 Å². The topological polar surface area (TPSA) is 112 Å². The summed E-state index contributed by atoms with van der Waals surface area (Å²) in [7, 11) is 0. The third kappa shape index (κ3) is 3.22. The van der Waals surface area contributed by atoms with Crippen LogP contribution in [0.25, 0.3) is 21.9 Å². The van der Waals surface area contributed by atoms with Gasteiger partial charge in [-0.05, 0) is 43.2 Å². The molecule has 1 aromatic carbocycles. The molecule has 0 saturated carbocycles. The molecule has 1 aliphatic heterocycles. The number of anilines is 1. The van der Waals surface area contributed by atoms with Gasteiger partial charge in [0.15, 0.2) is 0 Å². The number of nitriles is 1. The summed E-state index contributed by atoms with van der Waals surface area (Å²) in [5.74, 6) is 1.18. The van der Waals surface area contributed by atoms with E-state index in [1.807, 2.05) is 41.1 Å². The second-order valence-corrected chi connectivity index (χ2v) is 6.98. The minimum absolute atomic E-state index is 0.0225. The first-order valence-corrected chi connectivity index (χ1v) is 9.37. The number of nitrogens with two attached hydrogens (primary N) is 1. The monoisotopic (exact) mass is 386 g/mol. The zero-order valence-electron chi connectivity index (χ0n) is 15.5. The SMILES string of the molecule is N#Cc1ccc2ccc(OCC3CCC(n4ccc5c(N)ncnc54)O3)cc2n1. The van der Waals surface area contributed by atoms with E-state index >= 15 is 0 Å². The average Bonchev–Trinajstić information content (AvgIpc) is 3.39. The fourth-order valence-electron chi connectivity index (χ4n) is 3.68. The van der Waals surface area contributed by atoms with Gasteiger partial charge in [-0.3, -0.25) is 0 Å². The molecule has 3 aromatic heterocycles. The third-order valence-electron chi connectivity index (χ3n) is 5.15. The molecule has 8 heteroatoms. The Morgan fingerprint density at radius 1 is 1.21 bits per heavy atom. The van der Waals surface area contributed by atoms with E-state index < -0.39 is 0 Å². The molecule has 2 unspecified atom stereocenters. The van der Waals surface area contributed by atoms with E-state index in [4.69, 9.17) is 20.5 Å². The van der Waals surface area contributed by atoms with Gasteiger partial charge in [-0.25, -0.2) is 15.0 Å². The van der Waals surface area contributed by atoms with Crippen LogP contribution < -0.4 is 10.5 Å². The molecule has 2 N–H and O–H groups in total. The molecule has 0 radical (unpaired) electrons. The van der Waals surface area contributed by atoms with E-state index in [1.165, 1.54) is 6.33 Å². The molecule has 1 saturated heterocycles. The van der Waals surface area contributed by atoms with Crippen LogP contribution in [0.15, 0.2) is 48.9 Å². The zero-order valence-corrected chi connectivity index (χ0v) is 15.5. The van der Waals surface area contributed by atoms with Crippen molar-refractivity contribution in [2.24, 2.45) is 0 Å². The van der Waals surface area contributed by atoms with E-state index in [2.05, 4.69) is 21.0 Å². The van der Waals surface area contributed by atoms with E-state index in [0.717, 1.165) is 34.8 Å². The largest absolute Gasteiger partial charge is 0.491 e. The summed E-state index contributed by atoms with van der Waals surface area (Å²) < 4.78 is 14.1. The van der Waals surface area contributed by atoms with Crippen molar-refractivity contribution in [3.8, 4) is 11.8 Å². The molecular formula is C21H18N6O2. The second kappa shape index (κ2) is 7.04. The van der Waals surface area contributed by atoms with Crippen LogP contribution in [0.2, 0.25) is 0 Å². The highest BCUT2D eigenvalue weighted by Gasteiger charge is 2.28. The van der Waals surface area contributed by atoms with E-state index in [0.29, 0.717) is 23.9 Å². The maximum atomic E-state index is 9.02. The molecule has 0 bridgehead atoms.